The highest BCUT2D eigenvalue weighted by molar-refractivity contribution is 6.17. The van der Waals surface area contributed by atoms with Crippen molar-refractivity contribution < 1.29 is 8.91 Å². The molecule has 0 saturated heterocycles. The van der Waals surface area contributed by atoms with E-state index in [4.69, 9.17) is 16.1 Å². The van der Waals surface area contributed by atoms with Gasteiger partial charge in [0.25, 0.3) is 0 Å². The highest BCUT2D eigenvalue weighted by Gasteiger charge is 2.13. The largest absolute Gasteiger partial charge is 0.343 e. The SMILES string of the molecule is Fc1cccc2c1nc(CCCl)n2CCc1ncon1. The van der Waals surface area contributed by atoms with Gasteiger partial charge in [0.05, 0.1) is 5.52 Å². The van der Waals surface area contributed by atoms with Gasteiger partial charge in [-0.3, -0.25) is 0 Å². The molecule has 0 radical (unpaired) electrons. The van der Waals surface area contributed by atoms with Gasteiger partial charge in [0.15, 0.2) is 11.6 Å². The summed E-state index contributed by atoms with van der Waals surface area (Å²) in [6.45, 7) is 0.603. The third kappa shape index (κ3) is 2.38. The van der Waals surface area contributed by atoms with Crippen LogP contribution in [0.5, 0.6) is 0 Å². The number of alkyl halides is 1. The van der Waals surface area contributed by atoms with E-state index in [1.165, 1.54) is 12.5 Å². The van der Waals surface area contributed by atoms with Gasteiger partial charge in [-0.15, -0.1) is 11.6 Å². The molecule has 0 spiro atoms. The highest BCUT2D eigenvalue weighted by Crippen LogP contribution is 2.20. The minimum atomic E-state index is -0.323. The van der Waals surface area contributed by atoms with Crippen LogP contribution in [0.4, 0.5) is 4.39 Å². The number of aromatic nitrogens is 4. The van der Waals surface area contributed by atoms with Crippen LogP contribution in [0.2, 0.25) is 0 Å². The molecule has 3 aromatic rings. The first kappa shape index (κ1) is 13.1. The first-order chi connectivity index (χ1) is 9.79. The second kappa shape index (κ2) is 5.58. The van der Waals surface area contributed by atoms with Crippen LogP contribution in [0.3, 0.4) is 0 Å². The Morgan fingerprint density at radius 1 is 1.30 bits per heavy atom. The molecule has 20 heavy (non-hydrogen) atoms. The summed E-state index contributed by atoms with van der Waals surface area (Å²) in [4.78, 5) is 8.32. The Hall–Kier alpha value is -1.95. The second-order valence-corrected chi connectivity index (χ2v) is 4.70. The zero-order valence-electron chi connectivity index (χ0n) is 10.6. The minimum Gasteiger partial charge on any atom is -0.343 e. The molecule has 104 valence electrons. The lowest BCUT2D eigenvalue weighted by atomic mass is 10.3. The number of benzene rings is 1. The van der Waals surface area contributed by atoms with Gasteiger partial charge in [-0.25, -0.2) is 9.37 Å². The van der Waals surface area contributed by atoms with Crippen molar-refractivity contribution in [3.05, 3.63) is 42.1 Å². The lowest BCUT2D eigenvalue weighted by Gasteiger charge is -2.06. The molecule has 5 nitrogen and oxygen atoms in total. The van der Waals surface area contributed by atoms with E-state index in [1.807, 2.05) is 10.6 Å². The summed E-state index contributed by atoms with van der Waals surface area (Å²) < 4.78 is 20.4. The van der Waals surface area contributed by atoms with Crippen molar-refractivity contribution in [3.8, 4) is 0 Å². The number of hydrogen-bond donors (Lipinski definition) is 0. The summed E-state index contributed by atoms with van der Waals surface area (Å²) in [7, 11) is 0. The van der Waals surface area contributed by atoms with Gasteiger partial charge in [0, 0.05) is 25.3 Å². The summed E-state index contributed by atoms with van der Waals surface area (Å²) in [6, 6.07) is 4.93. The Balaban J connectivity index is 1.98. The van der Waals surface area contributed by atoms with Crippen LogP contribution in [0.15, 0.2) is 29.1 Å². The van der Waals surface area contributed by atoms with Crippen LogP contribution in [0.1, 0.15) is 11.6 Å². The van der Waals surface area contributed by atoms with E-state index < -0.39 is 0 Å². The third-order valence-electron chi connectivity index (χ3n) is 3.09. The number of aryl methyl sites for hydroxylation is 3. The van der Waals surface area contributed by atoms with Crippen LogP contribution >= 0.6 is 11.6 Å². The van der Waals surface area contributed by atoms with Gasteiger partial charge in [0.1, 0.15) is 11.3 Å². The maximum Gasteiger partial charge on any atom is 0.213 e. The smallest absolute Gasteiger partial charge is 0.213 e. The molecule has 0 bridgehead atoms. The number of rotatable bonds is 5. The number of imidazole rings is 1. The monoisotopic (exact) mass is 294 g/mol. The van der Waals surface area contributed by atoms with Crippen molar-refractivity contribution in [1.82, 2.24) is 19.7 Å². The molecular formula is C13H12ClFN4O. The van der Waals surface area contributed by atoms with Gasteiger partial charge >= 0.3 is 0 Å². The highest BCUT2D eigenvalue weighted by atomic mass is 35.5. The number of hydrogen-bond acceptors (Lipinski definition) is 4. The molecule has 0 saturated carbocycles. The molecule has 0 aliphatic heterocycles. The molecule has 0 atom stereocenters. The Morgan fingerprint density at radius 2 is 2.20 bits per heavy atom. The Morgan fingerprint density at radius 3 is 2.95 bits per heavy atom. The normalized spacial score (nSPS) is 11.3. The predicted molar refractivity (Wildman–Crippen MR) is 72.1 cm³/mol. The molecule has 3 rings (SSSR count). The molecule has 7 heteroatoms. The fourth-order valence-electron chi connectivity index (χ4n) is 2.20. The number of para-hydroxylation sites is 1. The fraction of sp³-hybridized carbons (Fsp3) is 0.308. The lowest BCUT2D eigenvalue weighted by molar-refractivity contribution is 0.408. The maximum atomic E-state index is 13.8. The number of nitrogens with zero attached hydrogens (tertiary/aromatic N) is 4. The topological polar surface area (TPSA) is 56.7 Å². The van der Waals surface area contributed by atoms with Crippen LogP contribution in [0, 0.1) is 5.82 Å². The molecule has 2 aromatic heterocycles. The minimum absolute atomic E-state index is 0.323. The maximum absolute atomic E-state index is 13.8. The summed E-state index contributed by atoms with van der Waals surface area (Å²) in [5.74, 6) is 1.49. The predicted octanol–water partition coefficient (Wildman–Crippen LogP) is 2.58. The van der Waals surface area contributed by atoms with Crippen molar-refractivity contribution in [2.45, 2.75) is 19.4 Å². The van der Waals surface area contributed by atoms with E-state index in [9.17, 15) is 4.39 Å². The van der Waals surface area contributed by atoms with E-state index in [0.717, 1.165) is 11.3 Å². The Labute approximate surface area is 119 Å². The van der Waals surface area contributed by atoms with Gasteiger partial charge < -0.3 is 9.09 Å². The van der Waals surface area contributed by atoms with Crippen LogP contribution in [-0.4, -0.2) is 25.6 Å². The zero-order chi connectivity index (χ0) is 13.9. The molecule has 1 aromatic carbocycles. The van der Waals surface area contributed by atoms with Crippen molar-refractivity contribution in [1.29, 1.82) is 0 Å². The average Bonchev–Trinajstić information content (AvgIpc) is 3.05. The Kier molecular flexibility index (Phi) is 3.64. The third-order valence-corrected chi connectivity index (χ3v) is 3.28. The van der Waals surface area contributed by atoms with Gasteiger partial charge in [0.2, 0.25) is 6.39 Å². The average molecular weight is 295 g/mol. The summed E-state index contributed by atoms with van der Waals surface area (Å²) >= 11 is 5.79. The molecule has 0 aliphatic carbocycles. The summed E-state index contributed by atoms with van der Waals surface area (Å²) in [5.41, 5.74) is 1.13. The first-order valence-corrected chi connectivity index (χ1v) is 6.78. The molecular weight excluding hydrogens is 283 g/mol. The van der Waals surface area contributed by atoms with Gasteiger partial charge in [-0.2, -0.15) is 4.98 Å². The van der Waals surface area contributed by atoms with E-state index in [0.29, 0.717) is 36.6 Å². The fourth-order valence-corrected chi connectivity index (χ4v) is 2.37. The second-order valence-electron chi connectivity index (χ2n) is 4.32. The van der Waals surface area contributed by atoms with Crippen LogP contribution in [-0.2, 0) is 19.4 Å². The zero-order valence-corrected chi connectivity index (χ0v) is 11.3. The van der Waals surface area contributed by atoms with Crippen molar-refractivity contribution in [3.63, 3.8) is 0 Å². The van der Waals surface area contributed by atoms with Crippen LogP contribution in [0.25, 0.3) is 11.0 Å². The molecule has 2 heterocycles. The number of halogens is 2. The first-order valence-electron chi connectivity index (χ1n) is 6.24. The van der Waals surface area contributed by atoms with Crippen LogP contribution < -0.4 is 0 Å². The molecule has 0 aliphatic rings. The molecule has 0 fully saturated rings. The standard InChI is InChI=1S/C13H12ClFN4O/c14-6-4-12-17-13-9(15)2-1-3-10(13)19(12)7-5-11-16-8-20-18-11/h1-3,8H,4-7H2. The molecule has 0 unspecified atom stereocenters. The molecule has 0 amide bonds. The lowest BCUT2D eigenvalue weighted by Crippen LogP contribution is -2.07. The van der Waals surface area contributed by atoms with Crippen molar-refractivity contribution in [2.75, 3.05) is 5.88 Å². The van der Waals surface area contributed by atoms with Gasteiger partial charge in [-0.1, -0.05) is 11.2 Å². The molecule has 0 N–H and O–H groups in total. The van der Waals surface area contributed by atoms with E-state index in [2.05, 4.69) is 15.1 Å². The van der Waals surface area contributed by atoms with E-state index >= 15 is 0 Å². The Bertz CT molecular complexity index is 711. The van der Waals surface area contributed by atoms with E-state index in [1.54, 1.807) is 6.07 Å². The summed E-state index contributed by atoms with van der Waals surface area (Å²) in [6.07, 6.45) is 2.47. The quantitative estimate of drug-likeness (QED) is 0.679. The van der Waals surface area contributed by atoms with Crippen molar-refractivity contribution >= 4 is 22.6 Å². The van der Waals surface area contributed by atoms with Crippen molar-refractivity contribution in [2.24, 2.45) is 0 Å². The van der Waals surface area contributed by atoms with Gasteiger partial charge in [-0.05, 0) is 12.1 Å². The van der Waals surface area contributed by atoms with E-state index in [-0.39, 0.29) is 5.82 Å². The summed E-state index contributed by atoms with van der Waals surface area (Å²) in [5, 5.41) is 3.77. The number of fused-ring (bicyclic) bond motifs is 1.